The van der Waals surface area contributed by atoms with E-state index in [9.17, 15) is 9.59 Å². The Balaban J connectivity index is 2.36. The van der Waals surface area contributed by atoms with E-state index in [1.54, 1.807) is 26.0 Å². The second kappa shape index (κ2) is 8.17. The minimum absolute atomic E-state index is 0.141. The maximum atomic E-state index is 11.7. The number of hydrogen-bond donors (Lipinski definition) is 2. The van der Waals surface area contributed by atoms with E-state index >= 15 is 0 Å². The van der Waals surface area contributed by atoms with Crippen LogP contribution in [0.15, 0.2) is 24.3 Å². The summed E-state index contributed by atoms with van der Waals surface area (Å²) in [7, 11) is 0. The van der Waals surface area contributed by atoms with Gasteiger partial charge in [-0.25, -0.2) is 4.79 Å². The van der Waals surface area contributed by atoms with Gasteiger partial charge in [0.05, 0.1) is 5.75 Å². The molecule has 0 aliphatic rings. The van der Waals surface area contributed by atoms with Gasteiger partial charge in [-0.15, -0.1) is 11.8 Å². The number of amides is 1. The molecule has 0 saturated heterocycles. The van der Waals surface area contributed by atoms with Crippen molar-refractivity contribution in [3.63, 3.8) is 0 Å². The number of halogens is 1. The van der Waals surface area contributed by atoms with E-state index < -0.39 is 12.0 Å². The fourth-order valence-corrected chi connectivity index (χ4v) is 2.50. The van der Waals surface area contributed by atoms with Gasteiger partial charge in [-0.05, 0) is 23.6 Å². The van der Waals surface area contributed by atoms with Gasteiger partial charge in [0.15, 0.2) is 0 Å². The molecule has 1 unspecified atom stereocenters. The van der Waals surface area contributed by atoms with Crippen LogP contribution >= 0.6 is 23.4 Å². The van der Waals surface area contributed by atoms with Crippen LogP contribution in [0.1, 0.15) is 19.4 Å². The molecule has 4 nitrogen and oxygen atoms in total. The maximum absolute atomic E-state index is 11.7. The molecule has 0 aromatic heterocycles. The molecule has 0 bridgehead atoms. The van der Waals surface area contributed by atoms with Crippen molar-refractivity contribution in [1.82, 2.24) is 5.32 Å². The number of carbonyl (C=O) groups excluding carboxylic acids is 1. The van der Waals surface area contributed by atoms with Gasteiger partial charge in [-0.1, -0.05) is 37.6 Å². The molecule has 1 amide bonds. The maximum Gasteiger partial charge on any atom is 0.326 e. The Morgan fingerprint density at radius 2 is 1.90 bits per heavy atom. The molecule has 2 N–H and O–H groups in total. The van der Waals surface area contributed by atoms with Gasteiger partial charge >= 0.3 is 5.97 Å². The zero-order chi connectivity index (χ0) is 15.1. The molecule has 1 aromatic rings. The summed E-state index contributed by atoms with van der Waals surface area (Å²) >= 11 is 7.22. The Kier molecular flexibility index (Phi) is 6.88. The summed E-state index contributed by atoms with van der Waals surface area (Å²) in [4.78, 5) is 22.7. The standard InChI is InChI=1S/C14H18ClNO3S/c1-9(2)13(14(18)19)16-12(17)8-20-7-10-3-5-11(15)6-4-10/h3-6,9,13H,7-8H2,1-2H3,(H,16,17)(H,18,19). The first-order valence-electron chi connectivity index (χ1n) is 6.24. The number of thioether (sulfide) groups is 1. The average molecular weight is 316 g/mol. The van der Waals surface area contributed by atoms with Gasteiger partial charge in [-0.3, -0.25) is 4.79 Å². The van der Waals surface area contributed by atoms with Crippen LogP contribution < -0.4 is 5.32 Å². The van der Waals surface area contributed by atoms with E-state index in [0.717, 1.165) is 5.56 Å². The van der Waals surface area contributed by atoms with Gasteiger partial charge < -0.3 is 10.4 Å². The number of nitrogens with one attached hydrogen (secondary N) is 1. The van der Waals surface area contributed by atoms with Gasteiger partial charge in [-0.2, -0.15) is 0 Å². The van der Waals surface area contributed by atoms with Crippen LogP contribution in [-0.2, 0) is 15.3 Å². The summed E-state index contributed by atoms with van der Waals surface area (Å²) in [5.74, 6) is -0.484. The number of carboxylic acid groups (broad SMARTS) is 1. The van der Waals surface area contributed by atoms with Crippen LogP contribution in [0, 0.1) is 5.92 Å². The van der Waals surface area contributed by atoms with E-state index in [-0.39, 0.29) is 17.6 Å². The molecular formula is C14H18ClNO3S. The number of aliphatic carboxylic acids is 1. The van der Waals surface area contributed by atoms with Crippen LogP contribution in [-0.4, -0.2) is 28.8 Å². The topological polar surface area (TPSA) is 66.4 Å². The zero-order valence-corrected chi connectivity index (χ0v) is 13.0. The Morgan fingerprint density at radius 3 is 2.40 bits per heavy atom. The Bertz CT molecular complexity index is 462. The molecule has 110 valence electrons. The van der Waals surface area contributed by atoms with Crippen LogP contribution in [0.3, 0.4) is 0 Å². The van der Waals surface area contributed by atoms with Crippen molar-refractivity contribution in [1.29, 1.82) is 0 Å². The molecule has 0 fully saturated rings. The molecule has 1 atom stereocenters. The second-order valence-corrected chi connectivity index (χ2v) is 6.17. The van der Waals surface area contributed by atoms with E-state index in [1.165, 1.54) is 11.8 Å². The lowest BCUT2D eigenvalue weighted by atomic mass is 10.1. The van der Waals surface area contributed by atoms with Crippen LogP contribution in [0.25, 0.3) is 0 Å². The van der Waals surface area contributed by atoms with Crippen molar-refractivity contribution in [3.05, 3.63) is 34.9 Å². The molecular weight excluding hydrogens is 298 g/mol. The Hall–Kier alpha value is -1.20. The summed E-state index contributed by atoms with van der Waals surface area (Å²) in [5, 5.41) is 12.2. The lowest BCUT2D eigenvalue weighted by Gasteiger charge is -2.17. The van der Waals surface area contributed by atoms with E-state index in [4.69, 9.17) is 16.7 Å². The summed E-state index contributed by atoms with van der Waals surface area (Å²) in [6.45, 7) is 3.53. The van der Waals surface area contributed by atoms with Crippen LogP contribution in [0.2, 0.25) is 5.02 Å². The molecule has 0 radical (unpaired) electrons. The molecule has 0 spiro atoms. The van der Waals surface area contributed by atoms with Gasteiger partial charge in [0.2, 0.25) is 5.91 Å². The first-order chi connectivity index (χ1) is 9.40. The third kappa shape index (κ3) is 5.84. The van der Waals surface area contributed by atoms with Crippen molar-refractivity contribution in [2.45, 2.75) is 25.6 Å². The normalized spacial score (nSPS) is 12.2. The predicted molar refractivity (Wildman–Crippen MR) is 82.0 cm³/mol. The van der Waals surface area contributed by atoms with Crippen LogP contribution in [0.5, 0.6) is 0 Å². The summed E-state index contributed by atoms with van der Waals surface area (Å²) in [5.41, 5.74) is 1.07. The third-order valence-electron chi connectivity index (χ3n) is 2.66. The van der Waals surface area contributed by atoms with Crippen molar-refractivity contribution in [2.75, 3.05) is 5.75 Å². The smallest absolute Gasteiger partial charge is 0.326 e. The highest BCUT2D eigenvalue weighted by molar-refractivity contribution is 7.99. The number of carboxylic acids is 1. The molecule has 20 heavy (non-hydrogen) atoms. The molecule has 0 aliphatic heterocycles. The Morgan fingerprint density at radius 1 is 1.30 bits per heavy atom. The van der Waals surface area contributed by atoms with Crippen molar-refractivity contribution < 1.29 is 14.7 Å². The number of rotatable bonds is 7. The summed E-state index contributed by atoms with van der Waals surface area (Å²) in [6.07, 6.45) is 0. The molecule has 0 saturated carbocycles. The summed E-state index contributed by atoms with van der Waals surface area (Å²) in [6, 6.07) is 6.58. The SMILES string of the molecule is CC(C)C(NC(=O)CSCc1ccc(Cl)cc1)C(=O)O. The lowest BCUT2D eigenvalue weighted by molar-refractivity contribution is -0.142. The Labute approximate surface area is 127 Å². The van der Waals surface area contributed by atoms with Gasteiger partial charge in [0.25, 0.3) is 0 Å². The van der Waals surface area contributed by atoms with E-state index in [2.05, 4.69) is 5.32 Å². The summed E-state index contributed by atoms with van der Waals surface area (Å²) < 4.78 is 0. The first-order valence-corrected chi connectivity index (χ1v) is 7.77. The molecule has 0 aliphatic carbocycles. The fourth-order valence-electron chi connectivity index (χ4n) is 1.57. The van der Waals surface area contributed by atoms with Gasteiger partial charge in [0.1, 0.15) is 6.04 Å². The molecule has 6 heteroatoms. The quantitative estimate of drug-likeness (QED) is 0.812. The minimum Gasteiger partial charge on any atom is -0.480 e. The van der Waals surface area contributed by atoms with E-state index in [1.807, 2.05) is 12.1 Å². The zero-order valence-electron chi connectivity index (χ0n) is 11.4. The second-order valence-electron chi connectivity index (χ2n) is 4.75. The molecule has 1 aromatic carbocycles. The largest absolute Gasteiger partial charge is 0.480 e. The van der Waals surface area contributed by atoms with E-state index in [0.29, 0.717) is 10.8 Å². The highest BCUT2D eigenvalue weighted by Gasteiger charge is 2.22. The molecule has 1 rings (SSSR count). The third-order valence-corrected chi connectivity index (χ3v) is 3.92. The molecule has 0 heterocycles. The number of benzene rings is 1. The monoisotopic (exact) mass is 315 g/mol. The predicted octanol–water partition coefficient (Wildman–Crippen LogP) is 2.80. The van der Waals surface area contributed by atoms with Crippen molar-refractivity contribution in [3.8, 4) is 0 Å². The highest BCUT2D eigenvalue weighted by atomic mass is 35.5. The first kappa shape index (κ1) is 16.9. The minimum atomic E-state index is -1.00. The van der Waals surface area contributed by atoms with Crippen molar-refractivity contribution in [2.24, 2.45) is 5.92 Å². The fraction of sp³-hybridized carbons (Fsp3) is 0.429. The number of carbonyl (C=O) groups is 2. The highest BCUT2D eigenvalue weighted by Crippen LogP contribution is 2.15. The van der Waals surface area contributed by atoms with Crippen molar-refractivity contribution >= 4 is 35.2 Å². The lowest BCUT2D eigenvalue weighted by Crippen LogP contribution is -2.45. The van der Waals surface area contributed by atoms with Gasteiger partial charge in [0, 0.05) is 10.8 Å². The number of hydrogen-bond acceptors (Lipinski definition) is 3. The van der Waals surface area contributed by atoms with Crippen LogP contribution in [0.4, 0.5) is 0 Å². The average Bonchev–Trinajstić information content (AvgIpc) is 2.37.